The van der Waals surface area contributed by atoms with Gasteiger partial charge in [0.15, 0.2) is 0 Å². The van der Waals surface area contributed by atoms with Gasteiger partial charge in [0.2, 0.25) is 0 Å². The maximum Gasteiger partial charge on any atom is 0.306 e. The molecule has 1 rings (SSSR count). The summed E-state index contributed by atoms with van der Waals surface area (Å²) in [5.74, 6) is -0.163. The van der Waals surface area contributed by atoms with E-state index in [4.69, 9.17) is 10.8 Å². The summed E-state index contributed by atoms with van der Waals surface area (Å²) in [6.07, 6.45) is 3.62. The summed E-state index contributed by atoms with van der Waals surface area (Å²) in [6, 6.07) is 0. The number of carbonyl (C=O) groups is 1. The van der Waals surface area contributed by atoms with E-state index in [1.54, 1.807) is 0 Å². The first-order valence-corrected chi connectivity index (χ1v) is 5.17. The molecule has 0 bridgehead atoms. The monoisotopic (exact) mass is 187 g/mol. The average Bonchev–Trinajstić information content (AvgIpc) is 2.21. The van der Waals surface area contributed by atoms with Crippen LogP contribution in [0.5, 0.6) is 0 Å². The highest BCUT2D eigenvalue weighted by Gasteiger charge is 2.24. The van der Waals surface area contributed by atoms with E-state index in [9.17, 15) is 4.79 Å². The zero-order valence-electron chi connectivity index (χ0n) is 8.62. The molecular weight excluding hydrogens is 166 g/mol. The van der Waals surface area contributed by atoms with Gasteiger partial charge < -0.3 is 10.8 Å². The van der Waals surface area contributed by atoms with Crippen molar-refractivity contribution in [2.45, 2.75) is 39.5 Å². The van der Waals surface area contributed by atoms with E-state index < -0.39 is 5.97 Å². The van der Waals surface area contributed by atoms with Crippen LogP contribution < -0.4 is 5.73 Å². The minimum absolute atomic E-state index is 0.0993. The number of carboxylic acids is 1. The first-order valence-electron chi connectivity index (χ1n) is 5.17. The first-order chi connectivity index (χ1) is 6.24. The van der Waals surface area contributed by atoms with Gasteiger partial charge in [-0.05, 0) is 38.1 Å². The lowest BCUT2D eigenvalue weighted by Crippen LogP contribution is -2.25. The smallest absolute Gasteiger partial charge is 0.306 e. The molecule has 0 aromatic carbocycles. The SMILES string of the molecule is CC.NCC1CCC(C(=O)O)CC1. The van der Waals surface area contributed by atoms with Crippen LogP contribution in [-0.4, -0.2) is 17.6 Å². The topological polar surface area (TPSA) is 63.3 Å². The van der Waals surface area contributed by atoms with E-state index in [1.807, 2.05) is 13.8 Å². The van der Waals surface area contributed by atoms with Gasteiger partial charge in [-0.3, -0.25) is 4.79 Å². The zero-order chi connectivity index (χ0) is 10.3. The number of hydrogen-bond donors (Lipinski definition) is 2. The van der Waals surface area contributed by atoms with Gasteiger partial charge in [0, 0.05) is 0 Å². The van der Waals surface area contributed by atoms with Crippen LogP contribution >= 0.6 is 0 Å². The van der Waals surface area contributed by atoms with Gasteiger partial charge in [0.05, 0.1) is 5.92 Å². The fraction of sp³-hybridized carbons (Fsp3) is 0.900. The molecule has 0 aromatic heterocycles. The highest BCUT2D eigenvalue weighted by atomic mass is 16.4. The van der Waals surface area contributed by atoms with E-state index in [2.05, 4.69) is 0 Å². The van der Waals surface area contributed by atoms with Gasteiger partial charge in [-0.25, -0.2) is 0 Å². The number of carboxylic acid groups (broad SMARTS) is 1. The Kier molecular flexibility index (Phi) is 6.59. The molecule has 0 spiro atoms. The molecule has 1 fully saturated rings. The Labute approximate surface area is 80.3 Å². The van der Waals surface area contributed by atoms with Crippen molar-refractivity contribution in [1.82, 2.24) is 0 Å². The predicted molar refractivity (Wildman–Crippen MR) is 53.5 cm³/mol. The molecule has 3 heteroatoms. The average molecular weight is 187 g/mol. The maximum atomic E-state index is 10.5. The Bertz CT molecular complexity index is 140. The van der Waals surface area contributed by atoms with Crippen LogP contribution in [0.15, 0.2) is 0 Å². The Morgan fingerprint density at radius 3 is 2.08 bits per heavy atom. The van der Waals surface area contributed by atoms with Gasteiger partial charge in [0.1, 0.15) is 0 Å². The zero-order valence-corrected chi connectivity index (χ0v) is 8.62. The Morgan fingerprint density at radius 2 is 1.77 bits per heavy atom. The molecule has 0 atom stereocenters. The van der Waals surface area contributed by atoms with E-state index in [0.717, 1.165) is 25.7 Å². The van der Waals surface area contributed by atoms with Crippen molar-refractivity contribution in [1.29, 1.82) is 0 Å². The van der Waals surface area contributed by atoms with E-state index in [1.165, 1.54) is 0 Å². The van der Waals surface area contributed by atoms with Gasteiger partial charge in [-0.1, -0.05) is 13.8 Å². The fourth-order valence-electron chi connectivity index (χ4n) is 1.65. The third-order valence-electron chi connectivity index (χ3n) is 2.53. The van der Waals surface area contributed by atoms with E-state index >= 15 is 0 Å². The Morgan fingerprint density at radius 1 is 1.31 bits per heavy atom. The van der Waals surface area contributed by atoms with Gasteiger partial charge in [-0.15, -0.1) is 0 Å². The molecule has 0 aromatic rings. The summed E-state index contributed by atoms with van der Waals surface area (Å²) >= 11 is 0. The summed E-state index contributed by atoms with van der Waals surface area (Å²) in [5.41, 5.74) is 5.48. The van der Waals surface area contributed by atoms with Crippen LogP contribution in [0.4, 0.5) is 0 Å². The second kappa shape index (κ2) is 6.89. The summed E-state index contributed by atoms with van der Waals surface area (Å²) in [7, 11) is 0. The van der Waals surface area contributed by atoms with Gasteiger partial charge in [0.25, 0.3) is 0 Å². The molecule has 0 unspecified atom stereocenters. The summed E-state index contributed by atoms with van der Waals surface area (Å²) < 4.78 is 0. The van der Waals surface area contributed by atoms with Crippen molar-refractivity contribution in [3.05, 3.63) is 0 Å². The van der Waals surface area contributed by atoms with Crippen molar-refractivity contribution in [3.63, 3.8) is 0 Å². The molecule has 0 radical (unpaired) electrons. The second-order valence-corrected chi connectivity index (χ2v) is 3.29. The lowest BCUT2D eigenvalue weighted by Gasteiger charge is -2.24. The van der Waals surface area contributed by atoms with Crippen molar-refractivity contribution in [2.24, 2.45) is 17.6 Å². The molecule has 0 amide bonds. The summed E-state index contributed by atoms with van der Waals surface area (Å²) in [4.78, 5) is 10.5. The van der Waals surface area contributed by atoms with Gasteiger partial charge in [-0.2, -0.15) is 0 Å². The van der Waals surface area contributed by atoms with E-state index in [-0.39, 0.29) is 5.92 Å². The largest absolute Gasteiger partial charge is 0.481 e. The minimum Gasteiger partial charge on any atom is -0.481 e. The third-order valence-corrected chi connectivity index (χ3v) is 2.53. The van der Waals surface area contributed by atoms with Crippen LogP contribution in [0.3, 0.4) is 0 Å². The van der Waals surface area contributed by atoms with Crippen molar-refractivity contribution in [2.75, 3.05) is 6.54 Å². The van der Waals surface area contributed by atoms with Crippen LogP contribution in [0.1, 0.15) is 39.5 Å². The van der Waals surface area contributed by atoms with Crippen LogP contribution in [0.25, 0.3) is 0 Å². The highest BCUT2D eigenvalue weighted by Crippen LogP contribution is 2.27. The van der Waals surface area contributed by atoms with Crippen LogP contribution in [-0.2, 0) is 4.79 Å². The Hall–Kier alpha value is -0.570. The molecule has 3 N–H and O–H groups in total. The number of aliphatic carboxylic acids is 1. The predicted octanol–water partition coefficient (Wildman–Crippen LogP) is 1.86. The van der Waals surface area contributed by atoms with Crippen LogP contribution in [0, 0.1) is 11.8 Å². The molecule has 3 nitrogen and oxygen atoms in total. The van der Waals surface area contributed by atoms with Gasteiger partial charge >= 0.3 is 5.97 Å². The standard InChI is InChI=1S/C8H15NO2.C2H6/c9-5-6-1-3-7(4-2-6)8(10)11;1-2/h6-7H,1-5,9H2,(H,10,11);1-2H3. The molecule has 0 saturated heterocycles. The van der Waals surface area contributed by atoms with Crippen molar-refractivity contribution >= 4 is 5.97 Å². The second-order valence-electron chi connectivity index (χ2n) is 3.29. The molecule has 78 valence electrons. The number of rotatable bonds is 2. The molecule has 1 saturated carbocycles. The molecule has 0 aliphatic heterocycles. The third kappa shape index (κ3) is 4.27. The summed E-state index contributed by atoms with van der Waals surface area (Å²) in [6.45, 7) is 4.71. The maximum absolute atomic E-state index is 10.5. The molecular formula is C10H21NO2. The normalized spacial score (nSPS) is 27.3. The minimum atomic E-state index is -0.638. The molecule has 0 heterocycles. The summed E-state index contributed by atoms with van der Waals surface area (Å²) in [5, 5.41) is 8.67. The molecule has 1 aliphatic carbocycles. The highest BCUT2D eigenvalue weighted by molar-refractivity contribution is 5.69. The Balaban J connectivity index is 0.000000671. The molecule has 13 heavy (non-hydrogen) atoms. The number of hydrogen-bond acceptors (Lipinski definition) is 2. The molecule has 1 aliphatic rings. The van der Waals surface area contributed by atoms with Crippen molar-refractivity contribution < 1.29 is 9.90 Å². The van der Waals surface area contributed by atoms with Crippen LogP contribution in [0.2, 0.25) is 0 Å². The quantitative estimate of drug-likeness (QED) is 0.693. The lowest BCUT2D eigenvalue weighted by atomic mass is 9.82. The number of nitrogens with two attached hydrogens (primary N) is 1. The first kappa shape index (κ1) is 12.4. The fourth-order valence-corrected chi connectivity index (χ4v) is 1.65. The van der Waals surface area contributed by atoms with Crippen molar-refractivity contribution in [3.8, 4) is 0 Å². The van der Waals surface area contributed by atoms with E-state index in [0.29, 0.717) is 12.5 Å². The lowest BCUT2D eigenvalue weighted by molar-refractivity contribution is -0.143.